The van der Waals surface area contributed by atoms with Gasteiger partial charge in [0, 0.05) is 17.3 Å². The maximum absolute atomic E-state index is 10.7. The van der Waals surface area contributed by atoms with Gasteiger partial charge in [0.2, 0.25) is 0 Å². The largest absolute Gasteiger partial charge is 0.487 e. The number of nitrogens with zero attached hydrogens (tertiary/aromatic N) is 2. The van der Waals surface area contributed by atoms with Gasteiger partial charge in [0.15, 0.2) is 17.1 Å². The molecule has 1 saturated heterocycles. The Bertz CT molecular complexity index is 1480. The fraction of sp³-hybridized carbons (Fsp3) is 0.300. The van der Waals surface area contributed by atoms with Crippen LogP contribution in [0.4, 0.5) is 0 Å². The number of aliphatic hydroxyl groups is 1. The van der Waals surface area contributed by atoms with Crippen LogP contribution in [-0.2, 0) is 0 Å². The van der Waals surface area contributed by atoms with Crippen LogP contribution >= 0.6 is 11.3 Å². The molecule has 0 saturated carbocycles. The van der Waals surface area contributed by atoms with Gasteiger partial charge in [-0.15, -0.1) is 11.3 Å². The van der Waals surface area contributed by atoms with Crippen LogP contribution < -0.4 is 4.74 Å². The number of aromatic nitrogens is 1. The highest BCUT2D eigenvalue weighted by Gasteiger charge is 2.23. The maximum Gasteiger partial charge on any atom is 0.176 e. The van der Waals surface area contributed by atoms with E-state index in [0.717, 1.165) is 47.8 Å². The van der Waals surface area contributed by atoms with E-state index in [4.69, 9.17) is 9.15 Å². The number of likely N-dealkylation sites (tertiary alicyclic amines) is 1. The van der Waals surface area contributed by atoms with Crippen molar-refractivity contribution in [2.45, 2.75) is 31.8 Å². The fourth-order valence-corrected chi connectivity index (χ4v) is 5.80. The molecule has 6 rings (SSSR count). The molecule has 0 unspecified atom stereocenters. The smallest absolute Gasteiger partial charge is 0.176 e. The SMILES string of the molecule is Cc1nc(-c2cc3cccc(OC[C@@H](O)CN4CCC(c5ccc6ccccc6c5)CC4)c3o2)cs1. The molecule has 184 valence electrons. The second-order valence-corrected chi connectivity index (χ2v) is 10.7. The number of hydrogen-bond donors (Lipinski definition) is 1. The molecule has 2 aromatic heterocycles. The van der Waals surface area contributed by atoms with Gasteiger partial charge in [0.25, 0.3) is 0 Å². The second-order valence-electron chi connectivity index (χ2n) is 9.68. The summed E-state index contributed by atoms with van der Waals surface area (Å²) >= 11 is 1.60. The van der Waals surface area contributed by atoms with E-state index < -0.39 is 6.10 Å². The van der Waals surface area contributed by atoms with Gasteiger partial charge in [-0.25, -0.2) is 4.98 Å². The average Bonchev–Trinajstić information content (AvgIpc) is 3.54. The summed E-state index contributed by atoms with van der Waals surface area (Å²) in [5, 5.41) is 17.3. The Labute approximate surface area is 215 Å². The molecule has 5 aromatic rings. The number of piperidine rings is 1. The van der Waals surface area contributed by atoms with Crippen LogP contribution in [0.5, 0.6) is 5.75 Å². The second kappa shape index (κ2) is 10.1. The molecule has 0 spiro atoms. The third-order valence-corrected chi connectivity index (χ3v) is 7.89. The molecule has 3 aromatic carbocycles. The summed E-state index contributed by atoms with van der Waals surface area (Å²) in [7, 11) is 0. The predicted molar refractivity (Wildman–Crippen MR) is 146 cm³/mol. The van der Waals surface area contributed by atoms with Crippen molar-refractivity contribution in [3.63, 3.8) is 0 Å². The van der Waals surface area contributed by atoms with Crippen molar-refractivity contribution in [1.29, 1.82) is 0 Å². The third-order valence-electron chi connectivity index (χ3n) is 7.11. The number of benzene rings is 3. The molecular weight excluding hydrogens is 468 g/mol. The van der Waals surface area contributed by atoms with Gasteiger partial charge in [0.05, 0.1) is 5.01 Å². The molecule has 1 fully saturated rings. The summed E-state index contributed by atoms with van der Waals surface area (Å²) in [5.74, 6) is 1.96. The summed E-state index contributed by atoms with van der Waals surface area (Å²) in [5.41, 5.74) is 2.96. The minimum absolute atomic E-state index is 0.232. The highest BCUT2D eigenvalue weighted by Crippen LogP contribution is 2.34. The number of para-hydroxylation sites is 1. The van der Waals surface area contributed by atoms with Crippen LogP contribution in [0.15, 0.2) is 76.5 Å². The average molecular weight is 499 g/mol. The topological polar surface area (TPSA) is 58.7 Å². The van der Waals surface area contributed by atoms with Crippen molar-refractivity contribution >= 4 is 33.1 Å². The number of furan rings is 1. The van der Waals surface area contributed by atoms with Crippen LogP contribution in [0, 0.1) is 6.92 Å². The molecule has 0 radical (unpaired) electrons. The van der Waals surface area contributed by atoms with Crippen LogP contribution in [0.25, 0.3) is 33.2 Å². The standard InChI is InChI=1S/C30H30N2O3S/c1-20-31-27(19-36-20)29-16-25-7-4-8-28(30(25)35-29)34-18-26(33)17-32-13-11-22(12-14-32)24-10-9-21-5-2-3-6-23(21)15-24/h2-10,15-16,19,22,26,33H,11-14,17-18H2,1H3/t26-/m0/s1. The zero-order valence-electron chi connectivity index (χ0n) is 20.4. The molecule has 1 atom stereocenters. The summed E-state index contributed by atoms with van der Waals surface area (Å²) in [6, 6.07) is 23.2. The molecule has 1 N–H and O–H groups in total. The fourth-order valence-electron chi connectivity index (χ4n) is 5.20. The van der Waals surface area contributed by atoms with Gasteiger partial charge in [-0.2, -0.15) is 0 Å². The highest BCUT2D eigenvalue weighted by atomic mass is 32.1. The molecule has 0 bridgehead atoms. The minimum Gasteiger partial charge on any atom is -0.487 e. The van der Waals surface area contributed by atoms with Crippen LogP contribution in [0.3, 0.4) is 0 Å². The van der Waals surface area contributed by atoms with Gasteiger partial charge in [-0.05, 0) is 67.2 Å². The van der Waals surface area contributed by atoms with Crippen molar-refractivity contribution < 1.29 is 14.3 Å². The van der Waals surface area contributed by atoms with E-state index in [0.29, 0.717) is 23.8 Å². The number of fused-ring (bicyclic) bond motifs is 2. The van der Waals surface area contributed by atoms with E-state index in [1.807, 2.05) is 36.6 Å². The van der Waals surface area contributed by atoms with Crippen molar-refractivity contribution in [2.75, 3.05) is 26.2 Å². The monoisotopic (exact) mass is 498 g/mol. The van der Waals surface area contributed by atoms with Gasteiger partial charge in [-0.3, -0.25) is 0 Å². The number of ether oxygens (including phenoxy) is 1. The summed E-state index contributed by atoms with van der Waals surface area (Å²) in [6.07, 6.45) is 1.65. The van der Waals surface area contributed by atoms with E-state index in [1.165, 1.54) is 16.3 Å². The lowest BCUT2D eigenvalue weighted by Gasteiger charge is -2.33. The molecule has 0 amide bonds. The Morgan fingerprint density at radius 3 is 2.64 bits per heavy atom. The molecule has 3 heterocycles. The predicted octanol–water partition coefficient (Wildman–Crippen LogP) is 6.64. The zero-order valence-corrected chi connectivity index (χ0v) is 21.2. The zero-order chi connectivity index (χ0) is 24.5. The van der Waals surface area contributed by atoms with Crippen molar-refractivity contribution in [3.05, 3.63) is 82.7 Å². The quantitative estimate of drug-likeness (QED) is 0.273. The van der Waals surface area contributed by atoms with E-state index in [9.17, 15) is 5.11 Å². The van der Waals surface area contributed by atoms with E-state index >= 15 is 0 Å². The normalized spacial score (nSPS) is 16.1. The highest BCUT2D eigenvalue weighted by molar-refractivity contribution is 7.09. The number of β-amino-alcohol motifs (C(OH)–C–C–N with tert-alkyl or cyclic N) is 1. The van der Waals surface area contributed by atoms with Gasteiger partial charge < -0.3 is 19.2 Å². The Morgan fingerprint density at radius 1 is 1.03 bits per heavy atom. The first-order valence-corrected chi connectivity index (χ1v) is 13.5. The van der Waals surface area contributed by atoms with Crippen LogP contribution in [0.1, 0.15) is 29.3 Å². The lowest BCUT2D eigenvalue weighted by atomic mass is 9.88. The number of aryl methyl sites for hydroxylation is 1. The Hall–Kier alpha value is -3.19. The van der Waals surface area contributed by atoms with Crippen LogP contribution in [0.2, 0.25) is 0 Å². The van der Waals surface area contributed by atoms with Crippen molar-refractivity contribution in [3.8, 4) is 17.2 Å². The molecular formula is C30H30N2O3S. The minimum atomic E-state index is -0.562. The molecule has 36 heavy (non-hydrogen) atoms. The summed E-state index contributed by atoms with van der Waals surface area (Å²) in [6.45, 7) is 4.80. The Balaban J connectivity index is 1.04. The molecule has 5 nitrogen and oxygen atoms in total. The van der Waals surface area contributed by atoms with Crippen LogP contribution in [-0.4, -0.2) is 47.3 Å². The molecule has 1 aliphatic heterocycles. The number of rotatable bonds is 7. The molecule has 6 heteroatoms. The van der Waals surface area contributed by atoms with Crippen molar-refractivity contribution in [2.24, 2.45) is 0 Å². The number of hydrogen-bond acceptors (Lipinski definition) is 6. The lowest BCUT2D eigenvalue weighted by Crippen LogP contribution is -2.40. The molecule has 0 aliphatic carbocycles. The molecule has 1 aliphatic rings. The van der Waals surface area contributed by atoms with Gasteiger partial charge in [-0.1, -0.05) is 54.6 Å². The first-order valence-electron chi connectivity index (χ1n) is 12.6. The Kier molecular flexibility index (Phi) is 6.48. The summed E-state index contributed by atoms with van der Waals surface area (Å²) in [4.78, 5) is 6.87. The van der Waals surface area contributed by atoms with E-state index in [-0.39, 0.29) is 6.61 Å². The lowest BCUT2D eigenvalue weighted by molar-refractivity contribution is 0.0596. The maximum atomic E-state index is 10.7. The number of aliphatic hydroxyl groups excluding tert-OH is 1. The number of thiazole rings is 1. The van der Waals surface area contributed by atoms with E-state index in [1.54, 1.807) is 11.3 Å². The van der Waals surface area contributed by atoms with Gasteiger partial charge >= 0.3 is 0 Å². The Morgan fingerprint density at radius 2 is 1.83 bits per heavy atom. The first kappa shape index (κ1) is 23.2. The van der Waals surface area contributed by atoms with Gasteiger partial charge in [0.1, 0.15) is 18.4 Å². The third kappa shape index (κ3) is 4.89. The van der Waals surface area contributed by atoms with E-state index in [2.05, 4.69) is 52.3 Å². The first-order chi connectivity index (χ1) is 17.6. The summed E-state index contributed by atoms with van der Waals surface area (Å²) < 4.78 is 12.1. The van der Waals surface area contributed by atoms with Crippen molar-refractivity contribution in [1.82, 2.24) is 9.88 Å².